The second kappa shape index (κ2) is 10.5. The molecule has 1 aromatic rings. The van der Waals surface area contributed by atoms with Gasteiger partial charge in [-0.2, -0.15) is 0 Å². The van der Waals surface area contributed by atoms with Crippen molar-refractivity contribution in [1.29, 1.82) is 0 Å². The van der Waals surface area contributed by atoms with Gasteiger partial charge in [0, 0.05) is 0 Å². The molecule has 0 spiro atoms. The highest BCUT2D eigenvalue weighted by Gasteiger charge is 2.16. The van der Waals surface area contributed by atoms with E-state index in [9.17, 15) is 9.90 Å². The molecule has 0 aromatic heterocycles. The van der Waals surface area contributed by atoms with Crippen LogP contribution in [-0.2, 0) is 11.2 Å². The zero-order chi connectivity index (χ0) is 14.6. The molecule has 20 heavy (non-hydrogen) atoms. The van der Waals surface area contributed by atoms with Gasteiger partial charge < -0.3 is 5.11 Å². The number of rotatable bonds is 11. The third-order valence-corrected chi connectivity index (χ3v) is 3.88. The Bertz CT molecular complexity index is 359. The van der Waals surface area contributed by atoms with Crippen LogP contribution in [0.3, 0.4) is 0 Å². The van der Waals surface area contributed by atoms with Crippen LogP contribution in [-0.4, -0.2) is 11.1 Å². The number of aliphatic carboxylic acids is 1. The fourth-order valence-corrected chi connectivity index (χ4v) is 2.55. The van der Waals surface area contributed by atoms with E-state index in [-0.39, 0.29) is 5.92 Å². The van der Waals surface area contributed by atoms with Gasteiger partial charge in [0.15, 0.2) is 0 Å². The molecule has 0 aliphatic heterocycles. The molecule has 0 aliphatic carbocycles. The topological polar surface area (TPSA) is 37.3 Å². The fourth-order valence-electron chi connectivity index (χ4n) is 2.55. The number of aryl methyl sites for hydroxylation is 1. The summed E-state index contributed by atoms with van der Waals surface area (Å²) in [7, 11) is 0. The van der Waals surface area contributed by atoms with Crippen molar-refractivity contribution < 1.29 is 9.90 Å². The van der Waals surface area contributed by atoms with Crippen LogP contribution in [0.4, 0.5) is 0 Å². The van der Waals surface area contributed by atoms with Crippen molar-refractivity contribution in [2.75, 3.05) is 0 Å². The second-order valence-electron chi connectivity index (χ2n) is 5.62. The van der Waals surface area contributed by atoms with Gasteiger partial charge in [-0.3, -0.25) is 4.79 Å². The number of hydrogen-bond donors (Lipinski definition) is 1. The van der Waals surface area contributed by atoms with Gasteiger partial charge in [0.05, 0.1) is 5.92 Å². The molecular weight excluding hydrogens is 248 g/mol. The van der Waals surface area contributed by atoms with E-state index >= 15 is 0 Å². The van der Waals surface area contributed by atoms with E-state index < -0.39 is 5.97 Å². The van der Waals surface area contributed by atoms with Crippen molar-refractivity contribution in [3.05, 3.63) is 35.9 Å². The second-order valence-corrected chi connectivity index (χ2v) is 5.62. The lowest BCUT2D eigenvalue weighted by atomic mass is 9.94. The Hall–Kier alpha value is -1.31. The minimum Gasteiger partial charge on any atom is -0.481 e. The molecular formula is C18H28O2. The molecule has 0 saturated carbocycles. The van der Waals surface area contributed by atoms with Crippen LogP contribution in [0, 0.1) is 5.92 Å². The van der Waals surface area contributed by atoms with Crippen LogP contribution < -0.4 is 0 Å². The minimum absolute atomic E-state index is 0.179. The number of carbonyl (C=O) groups is 1. The normalized spacial score (nSPS) is 12.2. The number of benzene rings is 1. The van der Waals surface area contributed by atoms with Gasteiger partial charge in [-0.1, -0.05) is 75.8 Å². The first-order valence-electron chi connectivity index (χ1n) is 8.00. The van der Waals surface area contributed by atoms with Crippen LogP contribution in [0.1, 0.15) is 63.9 Å². The summed E-state index contributed by atoms with van der Waals surface area (Å²) < 4.78 is 0. The Labute approximate surface area is 123 Å². The van der Waals surface area contributed by atoms with E-state index in [0.29, 0.717) is 0 Å². The molecule has 2 heteroatoms. The molecule has 1 rings (SSSR count). The predicted octanol–water partition coefficient (Wildman–Crippen LogP) is 5.07. The molecule has 1 unspecified atom stereocenters. The van der Waals surface area contributed by atoms with E-state index in [1.807, 2.05) is 18.2 Å². The first-order valence-corrected chi connectivity index (χ1v) is 8.00. The summed E-state index contributed by atoms with van der Waals surface area (Å²) >= 11 is 0. The zero-order valence-electron chi connectivity index (χ0n) is 12.7. The number of carboxylic acid groups (broad SMARTS) is 1. The van der Waals surface area contributed by atoms with Crippen LogP contribution in [0.2, 0.25) is 0 Å². The summed E-state index contributed by atoms with van der Waals surface area (Å²) in [4.78, 5) is 11.3. The van der Waals surface area contributed by atoms with Gasteiger partial charge in [-0.05, 0) is 24.8 Å². The van der Waals surface area contributed by atoms with Gasteiger partial charge in [0.25, 0.3) is 0 Å². The Morgan fingerprint density at radius 2 is 1.65 bits per heavy atom. The van der Waals surface area contributed by atoms with Crippen molar-refractivity contribution in [2.45, 2.75) is 64.7 Å². The lowest BCUT2D eigenvalue weighted by Gasteiger charge is -2.12. The highest BCUT2D eigenvalue weighted by molar-refractivity contribution is 5.69. The Morgan fingerprint density at radius 1 is 1.00 bits per heavy atom. The van der Waals surface area contributed by atoms with Crippen molar-refractivity contribution in [1.82, 2.24) is 0 Å². The van der Waals surface area contributed by atoms with Crippen LogP contribution in [0.5, 0.6) is 0 Å². The van der Waals surface area contributed by atoms with Gasteiger partial charge in [-0.15, -0.1) is 0 Å². The van der Waals surface area contributed by atoms with Crippen LogP contribution >= 0.6 is 0 Å². The number of hydrogen-bond acceptors (Lipinski definition) is 1. The maximum absolute atomic E-state index is 11.3. The Morgan fingerprint density at radius 3 is 2.30 bits per heavy atom. The first-order chi connectivity index (χ1) is 9.74. The molecule has 0 bridgehead atoms. The molecule has 0 amide bonds. The van der Waals surface area contributed by atoms with E-state index in [4.69, 9.17) is 0 Å². The largest absolute Gasteiger partial charge is 0.481 e. The highest BCUT2D eigenvalue weighted by atomic mass is 16.4. The smallest absolute Gasteiger partial charge is 0.306 e. The van der Waals surface area contributed by atoms with Crippen molar-refractivity contribution >= 4 is 5.97 Å². The Kier molecular flexibility index (Phi) is 8.77. The van der Waals surface area contributed by atoms with Gasteiger partial charge in [0.1, 0.15) is 0 Å². The first kappa shape index (κ1) is 16.7. The summed E-state index contributed by atoms with van der Waals surface area (Å²) in [5, 5.41) is 9.29. The quantitative estimate of drug-likeness (QED) is 0.573. The monoisotopic (exact) mass is 276 g/mol. The maximum atomic E-state index is 11.3. The summed E-state index contributed by atoms with van der Waals surface area (Å²) in [6, 6.07) is 10.2. The third kappa shape index (κ3) is 7.32. The van der Waals surface area contributed by atoms with Crippen LogP contribution in [0.15, 0.2) is 30.3 Å². The van der Waals surface area contributed by atoms with Gasteiger partial charge >= 0.3 is 5.97 Å². The summed E-state index contributed by atoms with van der Waals surface area (Å²) in [5.41, 5.74) is 1.24. The number of unbranched alkanes of at least 4 members (excludes halogenated alkanes) is 5. The lowest BCUT2D eigenvalue weighted by molar-refractivity contribution is -0.142. The molecule has 0 fully saturated rings. The van der Waals surface area contributed by atoms with E-state index in [1.54, 1.807) is 0 Å². The third-order valence-electron chi connectivity index (χ3n) is 3.88. The van der Waals surface area contributed by atoms with Crippen LogP contribution in [0.25, 0.3) is 0 Å². The average Bonchev–Trinajstić information content (AvgIpc) is 2.46. The number of carboxylic acids is 1. The standard InChI is InChI=1S/C18H28O2/c1-2-3-4-5-6-10-13-17(18(19)20)15-14-16-11-8-7-9-12-16/h7-9,11-12,17H,2-6,10,13-15H2,1H3,(H,19,20). The van der Waals surface area contributed by atoms with Gasteiger partial charge in [-0.25, -0.2) is 0 Å². The fraction of sp³-hybridized carbons (Fsp3) is 0.611. The molecule has 1 atom stereocenters. The van der Waals surface area contributed by atoms with E-state index in [0.717, 1.165) is 25.7 Å². The molecule has 0 radical (unpaired) electrons. The zero-order valence-corrected chi connectivity index (χ0v) is 12.7. The summed E-state index contributed by atoms with van der Waals surface area (Å²) in [5.74, 6) is -0.809. The SMILES string of the molecule is CCCCCCCCC(CCc1ccccc1)C(=O)O. The van der Waals surface area contributed by atoms with Crippen molar-refractivity contribution in [3.63, 3.8) is 0 Å². The summed E-state index contributed by atoms with van der Waals surface area (Å²) in [6.07, 6.45) is 9.78. The molecule has 0 aliphatic rings. The highest BCUT2D eigenvalue weighted by Crippen LogP contribution is 2.18. The predicted molar refractivity (Wildman–Crippen MR) is 83.9 cm³/mol. The molecule has 0 saturated heterocycles. The van der Waals surface area contributed by atoms with Crippen molar-refractivity contribution in [3.8, 4) is 0 Å². The van der Waals surface area contributed by atoms with Gasteiger partial charge in [0.2, 0.25) is 0 Å². The Balaban J connectivity index is 2.21. The lowest BCUT2D eigenvalue weighted by Crippen LogP contribution is -2.14. The van der Waals surface area contributed by atoms with E-state index in [2.05, 4.69) is 19.1 Å². The van der Waals surface area contributed by atoms with Crippen molar-refractivity contribution in [2.24, 2.45) is 5.92 Å². The minimum atomic E-state index is -0.630. The average molecular weight is 276 g/mol. The molecule has 1 N–H and O–H groups in total. The van der Waals surface area contributed by atoms with E-state index in [1.165, 1.54) is 37.7 Å². The molecule has 0 heterocycles. The maximum Gasteiger partial charge on any atom is 0.306 e. The molecule has 2 nitrogen and oxygen atoms in total. The molecule has 1 aromatic carbocycles. The molecule has 112 valence electrons. The summed E-state index contributed by atoms with van der Waals surface area (Å²) in [6.45, 7) is 2.21.